The van der Waals surface area contributed by atoms with E-state index < -0.39 is 15.9 Å². The zero-order chi connectivity index (χ0) is 18.6. The van der Waals surface area contributed by atoms with Gasteiger partial charge in [-0.2, -0.15) is 0 Å². The maximum Gasteiger partial charge on any atom is 0.250 e. The number of nitrogens with one attached hydrogen (secondary N) is 1. The first-order chi connectivity index (χ1) is 12.5. The average Bonchev–Trinajstić information content (AvgIpc) is 3.31. The molecular weight excluding hydrogens is 372 g/mol. The van der Waals surface area contributed by atoms with Crippen LogP contribution >= 0.6 is 11.3 Å². The van der Waals surface area contributed by atoms with E-state index in [9.17, 15) is 13.2 Å². The third-order valence-electron chi connectivity index (χ3n) is 3.94. The lowest BCUT2D eigenvalue weighted by Gasteiger charge is -2.15. The molecule has 1 aromatic carbocycles. The fourth-order valence-electron chi connectivity index (χ4n) is 2.64. The second-order valence-electron chi connectivity index (χ2n) is 5.68. The number of sulfonamides is 1. The Morgan fingerprint density at radius 1 is 1.19 bits per heavy atom. The van der Waals surface area contributed by atoms with Gasteiger partial charge in [-0.3, -0.25) is 4.79 Å². The predicted molar refractivity (Wildman–Crippen MR) is 99.6 cm³/mol. The van der Waals surface area contributed by atoms with Gasteiger partial charge >= 0.3 is 0 Å². The van der Waals surface area contributed by atoms with E-state index in [0.29, 0.717) is 6.42 Å². The van der Waals surface area contributed by atoms with Crippen LogP contribution in [0.4, 0.5) is 0 Å². The third-order valence-corrected chi connectivity index (χ3v) is 6.84. The molecule has 0 aliphatic heterocycles. The highest BCUT2D eigenvalue weighted by molar-refractivity contribution is 7.91. The summed E-state index contributed by atoms with van der Waals surface area (Å²) in [4.78, 5) is 11.1. The largest absolute Gasteiger partial charge is 0.469 e. The summed E-state index contributed by atoms with van der Waals surface area (Å²) < 4.78 is 33.0. The van der Waals surface area contributed by atoms with Crippen molar-refractivity contribution in [2.75, 3.05) is 6.54 Å². The molecule has 0 saturated heterocycles. The monoisotopic (exact) mass is 390 g/mol. The Hall–Kier alpha value is -2.42. The molecule has 2 heterocycles. The summed E-state index contributed by atoms with van der Waals surface area (Å²) in [6.07, 6.45) is 2.14. The molecule has 0 fully saturated rings. The van der Waals surface area contributed by atoms with E-state index >= 15 is 0 Å². The Balaban J connectivity index is 1.70. The summed E-state index contributed by atoms with van der Waals surface area (Å²) in [5, 5.41) is 1.44. The first-order valence-corrected chi connectivity index (χ1v) is 10.3. The van der Waals surface area contributed by atoms with Gasteiger partial charge in [0.1, 0.15) is 9.97 Å². The number of thiophene rings is 1. The van der Waals surface area contributed by atoms with Crippen LogP contribution in [0.5, 0.6) is 0 Å². The molecule has 0 aliphatic carbocycles. The Labute approximate surface area is 155 Å². The van der Waals surface area contributed by atoms with Crippen LogP contribution in [0.15, 0.2) is 68.8 Å². The molecule has 1 atom stereocenters. The van der Waals surface area contributed by atoms with E-state index in [1.165, 1.54) is 11.4 Å². The molecule has 1 amide bonds. The molecular formula is C18H18N2O4S2. The number of carbonyl (C=O) groups is 1. The number of rotatable bonds is 8. The van der Waals surface area contributed by atoms with Gasteiger partial charge in [0, 0.05) is 17.8 Å². The van der Waals surface area contributed by atoms with Crippen molar-refractivity contribution in [3.8, 4) is 0 Å². The minimum atomic E-state index is -3.69. The number of nitrogens with two attached hydrogens (primary N) is 1. The lowest BCUT2D eigenvalue weighted by molar-refractivity contribution is 0.100. The number of furan rings is 1. The maximum atomic E-state index is 12.4. The molecule has 136 valence electrons. The summed E-state index contributed by atoms with van der Waals surface area (Å²) in [6.45, 7) is 0.229. The molecule has 0 spiro atoms. The molecule has 8 heteroatoms. The highest BCUT2D eigenvalue weighted by atomic mass is 32.2. The van der Waals surface area contributed by atoms with E-state index in [4.69, 9.17) is 10.2 Å². The van der Waals surface area contributed by atoms with Crippen LogP contribution in [0.3, 0.4) is 0 Å². The number of hydrogen-bond donors (Lipinski definition) is 2. The number of amides is 1. The highest BCUT2D eigenvalue weighted by Gasteiger charge is 2.21. The zero-order valence-corrected chi connectivity index (χ0v) is 15.4. The average molecular weight is 390 g/mol. The van der Waals surface area contributed by atoms with Gasteiger partial charge in [-0.05, 0) is 30.2 Å². The van der Waals surface area contributed by atoms with Crippen molar-refractivity contribution >= 4 is 27.3 Å². The molecule has 2 aromatic heterocycles. The molecule has 26 heavy (non-hydrogen) atoms. The quantitative estimate of drug-likeness (QED) is 0.617. The Morgan fingerprint density at radius 2 is 1.96 bits per heavy atom. The predicted octanol–water partition coefficient (Wildman–Crippen LogP) is 2.94. The molecule has 0 bridgehead atoms. The van der Waals surface area contributed by atoms with Crippen LogP contribution in [0, 0.1) is 0 Å². The molecule has 0 unspecified atom stereocenters. The SMILES string of the molecule is NC(=O)c1csc(S(=O)(=O)NCC[C@@H](c2ccccc2)c2ccco2)c1. The molecule has 3 rings (SSSR count). The van der Waals surface area contributed by atoms with Crippen molar-refractivity contribution in [3.05, 3.63) is 77.1 Å². The van der Waals surface area contributed by atoms with E-state index in [2.05, 4.69) is 4.72 Å². The van der Waals surface area contributed by atoms with Crippen LogP contribution in [0.2, 0.25) is 0 Å². The summed E-state index contributed by atoms with van der Waals surface area (Å²) in [6, 6.07) is 14.8. The molecule has 6 nitrogen and oxygen atoms in total. The Morgan fingerprint density at radius 3 is 2.58 bits per heavy atom. The van der Waals surface area contributed by atoms with Crippen LogP contribution in [-0.2, 0) is 10.0 Å². The van der Waals surface area contributed by atoms with Gasteiger partial charge in [0.05, 0.1) is 11.8 Å². The topological polar surface area (TPSA) is 102 Å². The number of carbonyl (C=O) groups excluding carboxylic acids is 1. The van der Waals surface area contributed by atoms with Gasteiger partial charge in [-0.15, -0.1) is 11.3 Å². The Kier molecular flexibility index (Phi) is 5.55. The smallest absolute Gasteiger partial charge is 0.250 e. The van der Waals surface area contributed by atoms with Gasteiger partial charge in [-0.25, -0.2) is 13.1 Å². The second-order valence-corrected chi connectivity index (χ2v) is 8.59. The molecule has 0 saturated carbocycles. The van der Waals surface area contributed by atoms with Gasteiger partial charge in [0.2, 0.25) is 15.9 Å². The van der Waals surface area contributed by atoms with Gasteiger partial charge in [0.25, 0.3) is 0 Å². The van der Waals surface area contributed by atoms with Crippen LogP contribution < -0.4 is 10.5 Å². The molecule has 3 aromatic rings. The number of benzene rings is 1. The fourth-order valence-corrected chi connectivity index (χ4v) is 4.90. The number of hydrogen-bond acceptors (Lipinski definition) is 5. The van der Waals surface area contributed by atoms with Crippen LogP contribution in [0.25, 0.3) is 0 Å². The number of primary amides is 1. The lowest BCUT2D eigenvalue weighted by atomic mass is 9.93. The van der Waals surface area contributed by atoms with E-state index in [0.717, 1.165) is 22.7 Å². The van der Waals surface area contributed by atoms with Gasteiger partial charge in [-0.1, -0.05) is 30.3 Å². The first-order valence-electron chi connectivity index (χ1n) is 7.94. The summed E-state index contributed by atoms with van der Waals surface area (Å²) in [7, 11) is -3.69. The lowest BCUT2D eigenvalue weighted by Crippen LogP contribution is -2.25. The molecule has 0 radical (unpaired) electrons. The minimum absolute atomic E-state index is 0.0570. The van der Waals surface area contributed by atoms with Crippen LogP contribution in [0.1, 0.15) is 34.0 Å². The summed E-state index contributed by atoms with van der Waals surface area (Å²) >= 11 is 0.968. The van der Waals surface area contributed by atoms with Crippen molar-refractivity contribution < 1.29 is 17.6 Å². The molecule has 0 aliphatic rings. The van der Waals surface area contributed by atoms with Gasteiger partial charge in [0.15, 0.2) is 0 Å². The normalized spacial score (nSPS) is 12.8. The van der Waals surface area contributed by atoms with Crippen molar-refractivity contribution in [2.24, 2.45) is 5.73 Å². The highest BCUT2D eigenvalue weighted by Crippen LogP contribution is 2.28. The van der Waals surface area contributed by atoms with E-state index in [-0.39, 0.29) is 22.2 Å². The minimum Gasteiger partial charge on any atom is -0.469 e. The first kappa shape index (κ1) is 18.4. The zero-order valence-electron chi connectivity index (χ0n) is 13.8. The summed E-state index contributed by atoms with van der Waals surface area (Å²) in [5.41, 5.74) is 6.41. The molecule has 3 N–H and O–H groups in total. The van der Waals surface area contributed by atoms with Crippen LogP contribution in [-0.4, -0.2) is 20.9 Å². The fraction of sp³-hybridized carbons (Fsp3) is 0.167. The second kappa shape index (κ2) is 7.86. The third kappa shape index (κ3) is 4.21. The standard InChI is InChI=1S/C18H18N2O4S2/c19-18(21)14-11-17(25-12-14)26(22,23)20-9-8-15(16-7-4-10-24-16)13-5-2-1-3-6-13/h1-7,10-12,15,20H,8-9H2,(H2,19,21)/t15-/m0/s1. The summed E-state index contributed by atoms with van der Waals surface area (Å²) in [5.74, 6) is 0.0746. The van der Waals surface area contributed by atoms with Crippen molar-refractivity contribution in [1.82, 2.24) is 4.72 Å². The van der Waals surface area contributed by atoms with E-state index in [1.54, 1.807) is 6.26 Å². The maximum absolute atomic E-state index is 12.4. The van der Waals surface area contributed by atoms with E-state index in [1.807, 2.05) is 42.5 Å². The Bertz CT molecular complexity index is 964. The van der Waals surface area contributed by atoms with Gasteiger partial charge < -0.3 is 10.2 Å². The van der Waals surface area contributed by atoms with Crippen molar-refractivity contribution in [3.63, 3.8) is 0 Å². The van der Waals surface area contributed by atoms with Crippen molar-refractivity contribution in [1.29, 1.82) is 0 Å². The van der Waals surface area contributed by atoms with Crippen molar-refractivity contribution in [2.45, 2.75) is 16.5 Å².